The molecule has 33 heavy (non-hydrogen) atoms. The van der Waals surface area contributed by atoms with Crippen molar-refractivity contribution in [2.75, 3.05) is 31.2 Å². The summed E-state index contributed by atoms with van der Waals surface area (Å²) in [6.07, 6.45) is 0.839. The number of benzene rings is 1. The molecule has 0 spiro atoms. The van der Waals surface area contributed by atoms with E-state index in [0.29, 0.717) is 29.3 Å². The minimum atomic E-state index is 0.620. The van der Waals surface area contributed by atoms with Crippen LogP contribution in [0.25, 0.3) is 16.9 Å². The number of nitrogens with zero attached hydrogens (tertiary/aromatic N) is 7. The minimum Gasteiger partial charge on any atom is -0.378 e. The lowest BCUT2D eigenvalue weighted by molar-refractivity contribution is 0.122. The maximum absolute atomic E-state index is 6.74. The first-order valence-corrected chi connectivity index (χ1v) is 12.4. The van der Waals surface area contributed by atoms with Crippen LogP contribution in [0.2, 0.25) is 5.15 Å². The molecule has 5 rings (SSSR count). The van der Waals surface area contributed by atoms with E-state index in [1.807, 2.05) is 44.3 Å². The van der Waals surface area contributed by atoms with Gasteiger partial charge in [-0.2, -0.15) is 5.10 Å². The Morgan fingerprint density at radius 3 is 2.58 bits per heavy atom. The fraction of sp³-hybridized carbons (Fsp3) is 0.391. The molecule has 1 fully saturated rings. The third-order valence-electron chi connectivity index (χ3n) is 5.87. The van der Waals surface area contributed by atoms with Crippen molar-refractivity contribution in [1.29, 1.82) is 0 Å². The van der Waals surface area contributed by atoms with Crippen LogP contribution in [0.1, 0.15) is 24.0 Å². The highest BCUT2D eigenvalue weighted by Gasteiger charge is 2.22. The van der Waals surface area contributed by atoms with Gasteiger partial charge in [0.15, 0.2) is 22.1 Å². The zero-order chi connectivity index (χ0) is 22.9. The van der Waals surface area contributed by atoms with Gasteiger partial charge in [-0.05, 0) is 19.1 Å². The smallest absolute Gasteiger partial charge is 0.191 e. The Balaban J connectivity index is 1.48. The molecule has 1 aliphatic heterocycles. The Kier molecular flexibility index (Phi) is 6.27. The lowest BCUT2D eigenvalue weighted by Gasteiger charge is -2.28. The largest absolute Gasteiger partial charge is 0.378 e. The first kappa shape index (κ1) is 22.2. The summed E-state index contributed by atoms with van der Waals surface area (Å²) in [6.45, 7) is 7.06. The summed E-state index contributed by atoms with van der Waals surface area (Å²) >= 11 is 8.31. The zero-order valence-electron chi connectivity index (χ0n) is 19.0. The van der Waals surface area contributed by atoms with Crippen molar-refractivity contribution in [3.63, 3.8) is 0 Å². The van der Waals surface area contributed by atoms with Gasteiger partial charge in [-0.25, -0.2) is 19.6 Å². The van der Waals surface area contributed by atoms with Gasteiger partial charge in [0.2, 0.25) is 0 Å². The van der Waals surface area contributed by atoms with E-state index >= 15 is 0 Å². The Morgan fingerprint density at radius 2 is 1.85 bits per heavy atom. The molecule has 4 heterocycles. The number of morpholine rings is 1. The Hall–Kier alpha value is -2.62. The average molecular weight is 484 g/mol. The summed E-state index contributed by atoms with van der Waals surface area (Å²) < 4.78 is 9.39. The topological polar surface area (TPSA) is 73.9 Å². The minimum absolute atomic E-state index is 0.620. The summed E-state index contributed by atoms with van der Waals surface area (Å²) in [4.78, 5) is 16.9. The molecule has 0 bridgehead atoms. The van der Waals surface area contributed by atoms with E-state index in [1.54, 1.807) is 16.4 Å². The first-order chi connectivity index (χ1) is 16.1. The highest BCUT2D eigenvalue weighted by atomic mass is 35.5. The van der Waals surface area contributed by atoms with Crippen LogP contribution in [0.3, 0.4) is 0 Å². The summed E-state index contributed by atoms with van der Waals surface area (Å²) in [7, 11) is 2.02. The predicted octanol–water partition coefficient (Wildman–Crippen LogP) is 4.20. The second kappa shape index (κ2) is 9.32. The molecule has 0 aliphatic carbocycles. The Morgan fingerprint density at radius 1 is 1.09 bits per heavy atom. The molecule has 4 aromatic rings. The van der Waals surface area contributed by atoms with Gasteiger partial charge in [-0.1, -0.05) is 48.5 Å². The van der Waals surface area contributed by atoms with E-state index in [0.717, 1.165) is 59.3 Å². The number of aromatic nitrogens is 6. The number of fused-ring (bicyclic) bond motifs is 1. The molecule has 172 valence electrons. The number of hydrogen-bond acceptors (Lipinski definition) is 7. The van der Waals surface area contributed by atoms with Crippen LogP contribution in [0.15, 0.2) is 35.5 Å². The van der Waals surface area contributed by atoms with Crippen molar-refractivity contribution in [3.05, 3.63) is 52.6 Å². The molecule has 0 unspecified atom stereocenters. The lowest BCUT2D eigenvalue weighted by atomic mass is 10.3. The van der Waals surface area contributed by atoms with Gasteiger partial charge in [-0.3, -0.25) is 0 Å². The van der Waals surface area contributed by atoms with E-state index in [9.17, 15) is 0 Å². The van der Waals surface area contributed by atoms with Gasteiger partial charge in [0, 0.05) is 37.9 Å². The zero-order valence-corrected chi connectivity index (χ0v) is 20.5. The molecular weight excluding hydrogens is 458 g/mol. The highest BCUT2D eigenvalue weighted by molar-refractivity contribution is 7.98. The van der Waals surface area contributed by atoms with E-state index in [2.05, 4.69) is 21.5 Å². The fourth-order valence-electron chi connectivity index (χ4n) is 4.02. The maximum atomic E-state index is 6.74. The molecule has 0 amide bonds. The number of para-hydroxylation sites is 1. The van der Waals surface area contributed by atoms with Crippen LogP contribution in [0.4, 0.5) is 5.82 Å². The summed E-state index contributed by atoms with van der Waals surface area (Å²) in [5.41, 5.74) is 4.54. The second-order valence-corrected chi connectivity index (χ2v) is 9.23. The predicted molar refractivity (Wildman–Crippen MR) is 132 cm³/mol. The van der Waals surface area contributed by atoms with E-state index in [-0.39, 0.29) is 0 Å². The number of ether oxygens (including phenoxy) is 1. The third kappa shape index (κ3) is 4.20. The van der Waals surface area contributed by atoms with Gasteiger partial charge >= 0.3 is 0 Å². The van der Waals surface area contributed by atoms with Crippen molar-refractivity contribution < 1.29 is 4.74 Å². The second-order valence-electron chi connectivity index (χ2n) is 7.93. The molecule has 1 saturated heterocycles. The molecule has 0 saturated carbocycles. The number of anilines is 1. The molecule has 8 nitrogen and oxygen atoms in total. The van der Waals surface area contributed by atoms with Crippen LogP contribution >= 0.6 is 23.4 Å². The summed E-state index contributed by atoms with van der Waals surface area (Å²) in [5, 5.41) is 5.98. The van der Waals surface area contributed by atoms with Crippen molar-refractivity contribution in [3.8, 4) is 5.69 Å². The number of aryl methyl sites for hydroxylation is 3. The van der Waals surface area contributed by atoms with Crippen LogP contribution < -0.4 is 4.90 Å². The molecule has 0 radical (unpaired) electrons. The van der Waals surface area contributed by atoms with Crippen molar-refractivity contribution >= 4 is 40.3 Å². The third-order valence-corrected chi connectivity index (χ3v) is 7.13. The van der Waals surface area contributed by atoms with Gasteiger partial charge in [0.1, 0.15) is 11.0 Å². The summed E-state index contributed by atoms with van der Waals surface area (Å²) in [5.74, 6) is 2.51. The Bertz CT molecular complexity index is 1280. The van der Waals surface area contributed by atoms with Crippen molar-refractivity contribution in [2.45, 2.75) is 31.2 Å². The van der Waals surface area contributed by atoms with E-state index in [1.165, 1.54) is 0 Å². The fourth-order valence-corrected chi connectivity index (χ4v) is 5.36. The molecule has 1 aliphatic rings. The standard InChI is InChI=1S/C23H26ClN7OS/c1-4-18-25-19-21(29(18)3)26-23(27-22(19)30-10-12-32-13-11-30)33-14-17-15(2)28-31(20(17)24)16-8-6-5-7-9-16/h5-9H,4,10-14H2,1-3H3. The maximum Gasteiger partial charge on any atom is 0.191 e. The number of thioether (sulfide) groups is 1. The van der Waals surface area contributed by atoms with E-state index in [4.69, 9.17) is 31.3 Å². The van der Waals surface area contributed by atoms with Crippen molar-refractivity contribution in [2.24, 2.45) is 7.05 Å². The van der Waals surface area contributed by atoms with Crippen LogP contribution in [-0.4, -0.2) is 55.6 Å². The number of rotatable bonds is 6. The number of halogens is 1. The Labute approximate surface area is 201 Å². The molecular formula is C23H26ClN7OS. The molecule has 3 aromatic heterocycles. The van der Waals surface area contributed by atoms with Gasteiger partial charge in [-0.15, -0.1) is 0 Å². The molecule has 10 heteroatoms. The molecule has 0 N–H and O–H groups in total. The van der Waals surface area contributed by atoms with E-state index < -0.39 is 0 Å². The average Bonchev–Trinajstić information content (AvgIpc) is 3.33. The molecule has 0 atom stereocenters. The number of hydrogen-bond donors (Lipinski definition) is 0. The van der Waals surface area contributed by atoms with Crippen LogP contribution in [0.5, 0.6) is 0 Å². The summed E-state index contributed by atoms with van der Waals surface area (Å²) in [6, 6.07) is 9.92. The van der Waals surface area contributed by atoms with Gasteiger partial charge in [0.25, 0.3) is 0 Å². The number of imidazole rings is 1. The monoisotopic (exact) mass is 483 g/mol. The van der Waals surface area contributed by atoms with Gasteiger partial charge < -0.3 is 14.2 Å². The van der Waals surface area contributed by atoms with Crippen LogP contribution in [0, 0.1) is 6.92 Å². The lowest BCUT2D eigenvalue weighted by Crippen LogP contribution is -2.37. The first-order valence-electron chi connectivity index (χ1n) is 11.0. The molecule has 1 aromatic carbocycles. The SMILES string of the molecule is CCc1nc2c(N3CCOCC3)nc(SCc3c(C)nn(-c4ccccc4)c3Cl)nc2n1C. The quantitative estimate of drug-likeness (QED) is 0.300. The van der Waals surface area contributed by atoms with Crippen molar-refractivity contribution in [1.82, 2.24) is 29.3 Å². The van der Waals surface area contributed by atoms with Gasteiger partial charge in [0.05, 0.1) is 24.6 Å². The van der Waals surface area contributed by atoms with Crippen LogP contribution in [-0.2, 0) is 24.0 Å². The highest BCUT2D eigenvalue weighted by Crippen LogP contribution is 2.32. The normalized spacial score (nSPS) is 14.4.